The molecule has 6 heteroatoms. The fraction of sp³-hybridized carbons (Fsp3) is 0.136. The Morgan fingerprint density at radius 2 is 2.04 bits per heavy atom. The predicted octanol–water partition coefficient (Wildman–Crippen LogP) is 3.81. The Balaban J connectivity index is 1.60. The highest BCUT2D eigenvalue weighted by atomic mass is 16.3. The van der Waals surface area contributed by atoms with E-state index in [1.165, 1.54) is 0 Å². The zero-order chi connectivity index (χ0) is 19.3. The van der Waals surface area contributed by atoms with Crippen molar-refractivity contribution >= 4 is 5.91 Å². The molecule has 0 bridgehead atoms. The molecule has 0 atom stereocenters. The number of benzene rings is 1. The van der Waals surface area contributed by atoms with Crippen molar-refractivity contribution in [2.24, 2.45) is 0 Å². The third-order valence-electron chi connectivity index (χ3n) is 4.35. The molecule has 1 amide bonds. The molecule has 0 saturated carbocycles. The minimum atomic E-state index is -0.192. The lowest BCUT2D eigenvalue weighted by Crippen LogP contribution is -2.28. The SMILES string of the molecule is Cc1cccc(-n2nc(-c3ccco3)cc2C(=O)NCCc2ccccn2)c1. The van der Waals surface area contributed by atoms with Crippen LogP contribution in [0.2, 0.25) is 0 Å². The first-order valence-electron chi connectivity index (χ1n) is 9.10. The van der Waals surface area contributed by atoms with Crippen LogP contribution < -0.4 is 5.32 Å². The summed E-state index contributed by atoms with van der Waals surface area (Å²) in [5.41, 5.74) is 3.92. The number of furan rings is 1. The van der Waals surface area contributed by atoms with E-state index in [0.717, 1.165) is 16.9 Å². The zero-order valence-corrected chi connectivity index (χ0v) is 15.5. The summed E-state index contributed by atoms with van der Waals surface area (Å²) in [6, 6.07) is 19.0. The monoisotopic (exact) mass is 372 g/mol. The molecule has 0 unspecified atom stereocenters. The van der Waals surface area contributed by atoms with Gasteiger partial charge < -0.3 is 9.73 Å². The normalized spacial score (nSPS) is 10.8. The number of pyridine rings is 1. The van der Waals surface area contributed by atoms with Crippen molar-refractivity contribution in [2.45, 2.75) is 13.3 Å². The molecule has 6 nitrogen and oxygen atoms in total. The molecular weight excluding hydrogens is 352 g/mol. The molecule has 4 aromatic rings. The van der Waals surface area contributed by atoms with Gasteiger partial charge in [0.25, 0.3) is 5.91 Å². The van der Waals surface area contributed by atoms with Crippen LogP contribution in [0.5, 0.6) is 0 Å². The van der Waals surface area contributed by atoms with Gasteiger partial charge in [0.15, 0.2) is 5.76 Å². The van der Waals surface area contributed by atoms with Gasteiger partial charge in [-0.3, -0.25) is 9.78 Å². The second-order valence-electron chi connectivity index (χ2n) is 6.47. The smallest absolute Gasteiger partial charge is 0.270 e. The van der Waals surface area contributed by atoms with Crippen molar-refractivity contribution < 1.29 is 9.21 Å². The van der Waals surface area contributed by atoms with Crippen molar-refractivity contribution in [3.63, 3.8) is 0 Å². The van der Waals surface area contributed by atoms with Crippen molar-refractivity contribution in [3.05, 3.63) is 90.1 Å². The standard InChI is InChI=1S/C22H20N4O2/c1-16-6-4-8-18(14-16)26-20(15-19(25-26)21-9-5-13-28-21)22(27)24-12-10-17-7-2-3-11-23-17/h2-9,11,13-15H,10,12H2,1H3,(H,24,27). The Hall–Kier alpha value is -3.67. The van der Waals surface area contributed by atoms with Crippen LogP contribution in [0.15, 0.2) is 77.5 Å². The highest BCUT2D eigenvalue weighted by molar-refractivity contribution is 5.94. The number of aromatic nitrogens is 3. The largest absolute Gasteiger partial charge is 0.463 e. The zero-order valence-electron chi connectivity index (χ0n) is 15.5. The van der Waals surface area contributed by atoms with E-state index in [4.69, 9.17) is 4.42 Å². The Morgan fingerprint density at radius 3 is 2.79 bits per heavy atom. The summed E-state index contributed by atoms with van der Waals surface area (Å²) < 4.78 is 7.10. The number of rotatable bonds is 6. The van der Waals surface area contributed by atoms with Gasteiger partial charge in [-0.05, 0) is 48.9 Å². The first kappa shape index (κ1) is 17.7. The molecular formula is C22H20N4O2. The first-order valence-corrected chi connectivity index (χ1v) is 9.10. The Morgan fingerprint density at radius 1 is 1.11 bits per heavy atom. The van der Waals surface area contributed by atoms with Crippen LogP contribution in [-0.2, 0) is 6.42 Å². The molecule has 4 rings (SSSR count). The first-order chi connectivity index (χ1) is 13.7. The van der Waals surface area contributed by atoms with E-state index in [2.05, 4.69) is 15.4 Å². The van der Waals surface area contributed by atoms with Gasteiger partial charge in [-0.1, -0.05) is 18.2 Å². The third-order valence-corrected chi connectivity index (χ3v) is 4.35. The fourth-order valence-corrected chi connectivity index (χ4v) is 2.98. The van der Waals surface area contributed by atoms with Gasteiger partial charge in [-0.2, -0.15) is 5.10 Å². The van der Waals surface area contributed by atoms with Crippen LogP contribution in [0.1, 0.15) is 21.7 Å². The third kappa shape index (κ3) is 3.86. The number of carbonyl (C=O) groups excluding carboxylic acids is 1. The number of nitrogens with one attached hydrogen (secondary N) is 1. The predicted molar refractivity (Wildman–Crippen MR) is 106 cm³/mol. The van der Waals surface area contributed by atoms with Gasteiger partial charge in [0.05, 0.1) is 12.0 Å². The summed E-state index contributed by atoms with van der Waals surface area (Å²) in [6.45, 7) is 2.50. The summed E-state index contributed by atoms with van der Waals surface area (Å²) in [7, 11) is 0. The molecule has 0 fully saturated rings. The Kier molecular flexibility index (Phi) is 5.01. The molecule has 140 valence electrons. The van der Waals surface area contributed by atoms with E-state index in [1.807, 2.05) is 55.5 Å². The number of hydrogen-bond donors (Lipinski definition) is 1. The van der Waals surface area contributed by atoms with Crippen LogP contribution in [0.3, 0.4) is 0 Å². The van der Waals surface area contributed by atoms with E-state index in [-0.39, 0.29) is 5.91 Å². The summed E-state index contributed by atoms with van der Waals surface area (Å²) in [5.74, 6) is 0.427. The topological polar surface area (TPSA) is 73.0 Å². The maximum Gasteiger partial charge on any atom is 0.270 e. The molecule has 0 aliphatic rings. The molecule has 28 heavy (non-hydrogen) atoms. The summed E-state index contributed by atoms with van der Waals surface area (Å²) in [6.07, 6.45) is 4.00. The molecule has 1 N–H and O–H groups in total. The highest BCUT2D eigenvalue weighted by Gasteiger charge is 2.18. The van der Waals surface area contributed by atoms with E-state index < -0.39 is 0 Å². The Bertz CT molecular complexity index is 1070. The minimum absolute atomic E-state index is 0.192. The fourth-order valence-electron chi connectivity index (χ4n) is 2.98. The van der Waals surface area contributed by atoms with Gasteiger partial charge in [0.2, 0.25) is 0 Å². The average molecular weight is 372 g/mol. The molecule has 0 radical (unpaired) electrons. The van der Waals surface area contributed by atoms with Gasteiger partial charge in [0.1, 0.15) is 11.4 Å². The van der Waals surface area contributed by atoms with Gasteiger partial charge in [-0.25, -0.2) is 4.68 Å². The lowest BCUT2D eigenvalue weighted by atomic mass is 10.2. The van der Waals surface area contributed by atoms with Gasteiger partial charge >= 0.3 is 0 Å². The summed E-state index contributed by atoms with van der Waals surface area (Å²) >= 11 is 0. The second-order valence-corrected chi connectivity index (χ2v) is 6.47. The van der Waals surface area contributed by atoms with Gasteiger partial charge in [0, 0.05) is 30.9 Å². The number of amides is 1. The van der Waals surface area contributed by atoms with E-state index in [0.29, 0.717) is 30.1 Å². The second kappa shape index (κ2) is 7.92. The lowest BCUT2D eigenvalue weighted by Gasteiger charge is -2.09. The summed E-state index contributed by atoms with van der Waals surface area (Å²) in [5, 5.41) is 7.56. The number of hydrogen-bond acceptors (Lipinski definition) is 4. The van der Waals surface area contributed by atoms with Crippen molar-refractivity contribution in [1.29, 1.82) is 0 Å². The molecule has 0 spiro atoms. The quantitative estimate of drug-likeness (QED) is 0.559. The van der Waals surface area contributed by atoms with Crippen molar-refractivity contribution in [1.82, 2.24) is 20.1 Å². The van der Waals surface area contributed by atoms with Crippen LogP contribution >= 0.6 is 0 Å². The van der Waals surface area contributed by atoms with Crippen LogP contribution in [0.25, 0.3) is 17.1 Å². The van der Waals surface area contributed by atoms with Crippen molar-refractivity contribution in [2.75, 3.05) is 6.54 Å². The summed E-state index contributed by atoms with van der Waals surface area (Å²) in [4.78, 5) is 17.2. The maximum absolute atomic E-state index is 12.9. The number of nitrogens with zero attached hydrogens (tertiary/aromatic N) is 3. The van der Waals surface area contributed by atoms with Crippen LogP contribution in [0, 0.1) is 6.92 Å². The van der Waals surface area contributed by atoms with Crippen LogP contribution in [0.4, 0.5) is 0 Å². The van der Waals surface area contributed by atoms with Gasteiger partial charge in [-0.15, -0.1) is 0 Å². The van der Waals surface area contributed by atoms with E-state index in [1.54, 1.807) is 29.3 Å². The highest BCUT2D eigenvalue weighted by Crippen LogP contribution is 2.22. The Labute approximate surface area is 162 Å². The number of aryl methyl sites for hydroxylation is 1. The van der Waals surface area contributed by atoms with E-state index >= 15 is 0 Å². The molecule has 0 aliphatic heterocycles. The number of carbonyl (C=O) groups is 1. The van der Waals surface area contributed by atoms with Crippen molar-refractivity contribution in [3.8, 4) is 17.1 Å². The molecule has 1 aromatic carbocycles. The molecule has 0 saturated heterocycles. The lowest BCUT2D eigenvalue weighted by molar-refractivity contribution is 0.0946. The molecule has 3 aromatic heterocycles. The minimum Gasteiger partial charge on any atom is -0.463 e. The molecule has 3 heterocycles. The maximum atomic E-state index is 12.9. The average Bonchev–Trinajstić information content (AvgIpc) is 3.38. The van der Waals surface area contributed by atoms with Crippen LogP contribution in [-0.4, -0.2) is 27.2 Å². The molecule has 0 aliphatic carbocycles. The van der Waals surface area contributed by atoms with E-state index in [9.17, 15) is 4.79 Å².